The van der Waals surface area contributed by atoms with Gasteiger partial charge in [-0.3, -0.25) is 34.6 Å². The highest BCUT2D eigenvalue weighted by atomic mass is 79.9. The number of amides is 1. The molecule has 0 atom stereocenters. The van der Waals surface area contributed by atoms with E-state index in [-0.39, 0.29) is 59.3 Å². The van der Waals surface area contributed by atoms with E-state index in [2.05, 4.69) is 31.5 Å². The van der Waals surface area contributed by atoms with Gasteiger partial charge in [-0.1, -0.05) is 0 Å². The lowest BCUT2D eigenvalue weighted by Gasteiger charge is -2.25. The number of nitro benzene ring substituents is 2. The third-order valence-electron chi connectivity index (χ3n) is 4.89. The fourth-order valence-corrected chi connectivity index (χ4v) is 3.83. The molecule has 0 bridgehead atoms. The van der Waals surface area contributed by atoms with Gasteiger partial charge in [-0.2, -0.15) is 0 Å². The number of anilines is 2. The van der Waals surface area contributed by atoms with Crippen molar-refractivity contribution in [1.82, 2.24) is 0 Å². The van der Waals surface area contributed by atoms with E-state index < -0.39 is 39.1 Å². The number of hydrogen-bond donors (Lipinski definition) is 1. The molecule has 0 spiro atoms. The van der Waals surface area contributed by atoms with Crippen LogP contribution < -0.4 is 15.0 Å². The maximum atomic E-state index is 12.3. The van der Waals surface area contributed by atoms with Crippen LogP contribution in [0.15, 0.2) is 39.0 Å². The number of halogens is 1. The van der Waals surface area contributed by atoms with Gasteiger partial charge in [0.15, 0.2) is 5.69 Å². The first-order valence-corrected chi connectivity index (χ1v) is 12.3. The fourth-order valence-electron chi connectivity index (χ4n) is 3.31. The molecule has 40 heavy (non-hydrogen) atoms. The van der Waals surface area contributed by atoms with Gasteiger partial charge in [-0.05, 0) is 35.8 Å². The van der Waals surface area contributed by atoms with E-state index in [9.17, 15) is 34.6 Å². The Balaban J connectivity index is 2.68. The van der Waals surface area contributed by atoms with Crippen LogP contribution >= 0.6 is 15.9 Å². The van der Waals surface area contributed by atoms with Crippen molar-refractivity contribution in [3.05, 3.63) is 49.0 Å². The van der Waals surface area contributed by atoms with Crippen molar-refractivity contribution in [2.24, 2.45) is 10.2 Å². The molecule has 2 aromatic carbocycles. The molecule has 0 aliphatic carbocycles. The maximum Gasteiger partial charge on any atom is 0.325 e. The van der Waals surface area contributed by atoms with Gasteiger partial charge in [0, 0.05) is 19.1 Å². The third-order valence-corrected chi connectivity index (χ3v) is 5.50. The smallest absolute Gasteiger partial charge is 0.325 e. The number of hydrogen-bond acceptors (Lipinski definition) is 13. The van der Waals surface area contributed by atoms with Crippen LogP contribution in [0.2, 0.25) is 0 Å². The first-order chi connectivity index (χ1) is 18.9. The summed E-state index contributed by atoms with van der Waals surface area (Å²) >= 11 is 3.05. The van der Waals surface area contributed by atoms with E-state index >= 15 is 0 Å². The number of esters is 2. The SMILES string of the molecule is CCOC(=O)CN(CC(=O)OCC)c1cc(NC(C)=O)c(/N=N/c2c(Br)cc([N+](=O)[O-])cc2[N+](=O)[O-])cc1OC. The van der Waals surface area contributed by atoms with Gasteiger partial charge in [0.25, 0.3) is 5.69 Å². The highest BCUT2D eigenvalue weighted by Gasteiger charge is 2.25. The average molecular weight is 625 g/mol. The summed E-state index contributed by atoms with van der Waals surface area (Å²) in [7, 11) is 1.31. The number of benzene rings is 2. The van der Waals surface area contributed by atoms with E-state index in [1.807, 2.05) is 0 Å². The minimum Gasteiger partial charge on any atom is -0.494 e. The molecule has 0 saturated heterocycles. The zero-order valence-electron chi connectivity index (χ0n) is 21.8. The predicted octanol–water partition coefficient (Wildman–Crippen LogP) is 4.58. The van der Waals surface area contributed by atoms with Crippen molar-refractivity contribution in [3.63, 3.8) is 0 Å². The molecule has 0 aliphatic heterocycles. The number of carbonyl (C=O) groups excluding carboxylic acids is 3. The van der Waals surface area contributed by atoms with Gasteiger partial charge >= 0.3 is 17.6 Å². The molecule has 1 amide bonds. The van der Waals surface area contributed by atoms with Crippen LogP contribution in [0.25, 0.3) is 0 Å². The number of nitro groups is 2. The molecule has 17 heteroatoms. The number of methoxy groups -OCH3 is 1. The summed E-state index contributed by atoms with van der Waals surface area (Å²) < 4.78 is 15.4. The Morgan fingerprint density at radius 1 is 0.975 bits per heavy atom. The number of rotatable bonds is 13. The molecular formula is C23H25BrN6O10. The maximum absolute atomic E-state index is 12.3. The van der Waals surface area contributed by atoms with Crippen LogP contribution in [0.3, 0.4) is 0 Å². The second kappa shape index (κ2) is 14.5. The van der Waals surface area contributed by atoms with Crippen LogP contribution in [0.4, 0.5) is 34.1 Å². The number of nitrogens with one attached hydrogen (secondary N) is 1. The normalized spacial score (nSPS) is 10.6. The Morgan fingerprint density at radius 3 is 2.05 bits per heavy atom. The Labute approximate surface area is 235 Å². The minimum absolute atomic E-state index is 0.0254. The summed E-state index contributed by atoms with van der Waals surface area (Å²) in [6, 6.07) is 4.45. The monoisotopic (exact) mass is 624 g/mol. The van der Waals surface area contributed by atoms with Gasteiger partial charge in [-0.15, -0.1) is 10.2 Å². The molecule has 0 unspecified atom stereocenters. The lowest BCUT2D eigenvalue weighted by Crippen LogP contribution is -2.36. The van der Waals surface area contributed by atoms with Crippen LogP contribution in [-0.4, -0.2) is 61.1 Å². The molecule has 214 valence electrons. The van der Waals surface area contributed by atoms with Crippen molar-refractivity contribution in [2.45, 2.75) is 20.8 Å². The van der Waals surface area contributed by atoms with Crippen LogP contribution in [0, 0.1) is 20.2 Å². The van der Waals surface area contributed by atoms with E-state index in [0.29, 0.717) is 0 Å². The first kappa shape index (κ1) is 31.5. The Bertz CT molecular complexity index is 1330. The molecule has 0 saturated carbocycles. The second-order valence-corrected chi connectivity index (χ2v) is 8.55. The van der Waals surface area contributed by atoms with E-state index in [0.717, 1.165) is 12.1 Å². The molecular weight excluding hydrogens is 600 g/mol. The minimum atomic E-state index is -0.854. The van der Waals surface area contributed by atoms with E-state index in [1.54, 1.807) is 13.8 Å². The second-order valence-electron chi connectivity index (χ2n) is 7.70. The van der Waals surface area contributed by atoms with E-state index in [1.165, 1.54) is 31.1 Å². The zero-order valence-corrected chi connectivity index (χ0v) is 23.4. The molecule has 16 nitrogen and oxygen atoms in total. The molecule has 0 aromatic heterocycles. The first-order valence-electron chi connectivity index (χ1n) is 11.5. The highest BCUT2D eigenvalue weighted by molar-refractivity contribution is 9.10. The van der Waals surface area contributed by atoms with Gasteiger partial charge < -0.3 is 24.4 Å². The molecule has 2 rings (SSSR count). The van der Waals surface area contributed by atoms with Crippen LogP contribution in [-0.2, 0) is 23.9 Å². The largest absolute Gasteiger partial charge is 0.494 e. The summed E-state index contributed by atoms with van der Waals surface area (Å²) in [5.74, 6) is -1.71. The molecule has 0 radical (unpaired) electrons. The molecule has 0 aliphatic rings. The molecule has 2 aromatic rings. The molecule has 1 N–H and O–H groups in total. The highest BCUT2D eigenvalue weighted by Crippen LogP contribution is 2.43. The number of non-ortho nitro benzene ring substituents is 1. The summed E-state index contributed by atoms with van der Waals surface area (Å²) in [5, 5.41) is 33.2. The van der Waals surface area contributed by atoms with Crippen molar-refractivity contribution >= 4 is 67.9 Å². The number of carbonyl (C=O) groups is 3. The van der Waals surface area contributed by atoms with Crippen LogP contribution in [0.1, 0.15) is 20.8 Å². The van der Waals surface area contributed by atoms with Crippen molar-refractivity contribution in [1.29, 1.82) is 0 Å². The number of azo groups is 1. The van der Waals surface area contributed by atoms with Gasteiger partial charge in [0.05, 0.1) is 52.1 Å². The number of nitrogens with zero attached hydrogens (tertiary/aromatic N) is 5. The molecule has 0 fully saturated rings. The van der Waals surface area contributed by atoms with Crippen molar-refractivity contribution in [3.8, 4) is 5.75 Å². The van der Waals surface area contributed by atoms with E-state index in [4.69, 9.17) is 14.2 Å². The third kappa shape index (κ3) is 8.42. The standard InChI is InChI=1S/C23H25BrN6O10/c1-5-39-21(32)11-28(12-22(33)40-6-2)18-9-16(25-13(3)31)17(10-20(18)38-4)26-27-23-15(24)7-14(29(34)35)8-19(23)30(36)37/h7-10H,5-6,11-12H2,1-4H3,(H,25,31)/b27-26+. The summed E-state index contributed by atoms with van der Waals surface area (Å²) in [6.45, 7) is 3.93. The Kier molecular flexibility index (Phi) is 11.4. The van der Waals surface area contributed by atoms with Gasteiger partial charge in [0.1, 0.15) is 24.5 Å². The quantitative estimate of drug-likeness (QED) is 0.141. The van der Waals surface area contributed by atoms with Crippen molar-refractivity contribution < 1.29 is 38.4 Å². The topological polar surface area (TPSA) is 205 Å². The van der Waals surface area contributed by atoms with Gasteiger partial charge in [0.2, 0.25) is 5.91 Å². The van der Waals surface area contributed by atoms with Crippen molar-refractivity contribution in [2.75, 3.05) is 43.6 Å². The summed E-state index contributed by atoms with van der Waals surface area (Å²) in [4.78, 5) is 58.9. The lowest BCUT2D eigenvalue weighted by atomic mass is 10.2. The van der Waals surface area contributed by atoms with Gasteiger partial charge in [-0.25, -0.2) is 0 Å². The van der Waals surface area contributed by atoms with Crippen LogP contribution in [0.5, 0.6) is 5.75 Å². The Hall–Kier alpha value is -4.67. The zero-order chi connectivity index (χ0) is 30.0. The fraction of sp³-hybridized carbons (Fsp3) is 0.348. The Morgan fingerprint density at radius 2 is 1.57 bits per heavy atom. The number of ether oxygens (including phenoxy) is 3. The summed E-state index contributed by atoms with van der Waals surface area (Å²) in [6.07, 6.45) is 0. The molecule has 0 heterocycles. The average Bonchev–Trinajstić information content (AvgIpc) is 2.87. The predicted molar refractivity (Wildman–Crippen MR) is 144 cm³/mol. The lowest BCUT2D eigenvalue weighted by molar-refractivity contribution is -0.393. The summed E-state index contributed by atoms with van der Waals surface area (Å²) in [5.41, 5.74) is -1.34.